The van der Waals surface area contributed by atoms with Gasteiger partial charge in [0.2, 0.25) is 0 Å². The number of hydrogen-bond acceptors (Lipinski definition) is 3. The minimum atomic E-state index is 0.715. The maximum atomic E-state index is 4.44. The summed E-state index contributed by atoms with van der Waals surface area (Å²) in [5.41, 5.74) is 2.34. The number of para-hydroxylation sites is 2. The minimum absolute atomic E-state index is 0.715. The van der Waals surface area contributed by atoms with Crippen molar-refractivity contribution in [2.45, 2.75) is 38.8 Å². The van der Waals surface area contributed by atoms with Crippen LogP contribution in [-0.4, -0.2) is 46.7 Å². The number of aryl methyl sites for hydroxylation is 1. The fourth-order valence-electron chi connectivity index (χ4n) is 3.20. The molecular weight excluding hydrogens is 260 g/mol. The Bertz CT molecular complexity index is 555. The largest absolute Gasteiger partial charge is 0.331 e. The molecule has 0 saturated carbocycles. The van der Waals surface area contributed by atoms with Crippen molar-refractivity contribution in [1.29, 1.82) is 0 Å². The molecule has 1 aromatic heterocycles. The number of benzene rings is 1. The summed E-state index contributed by atoms with van der Waals surface area (Å²) in [6.07, 6.45) is 5.71. The second-order valence-electron chi connectivity index (χ2n) is 5.94. The van der Waals surface area contributed by atoms with Crippen molar-refractivity contribution in [2.75, 3.05) is 26.2 Å². The van der Waals surface area contributed by atoms with E-state index >= 15 is 0 Å². The van der Waals surface area contributed by atoms with Crippen LogP contribution in [0.2, 0.25) is 0 Å². The predicted molar refractivity (Wildman–Crippen MR) is 87.5 cm³/mol. The van der Waals surface area contributed by atoms with E-state index in [9.17, 15) is 0 Å². The standard InChI is InChI=1S/C17H26N4/c1-2-20-12-8-15(9-13-20)18-10-5-11-21-14-19-16-6-3-4-7-17(16)21/h3-4,6-7,14-15,18H,2,5,8-13H2,1H3. The first-order valence-corrected chi connectivity index (χ1v) is 8.22. The van der Waals surface area contributed by atoms with E-state index < -0.39 is 0 Å². The predicted octanol–water partition coefficient (Wildman–Crippen LogP) is 2.50. The molecule has 0 aliphatic carbocycles. The SMILES string of the molecule is CCN1CCC(NCCCn2cnc3ccccc32)CC1. The van der Waals surface area contributed by atoms with Crippen LogP contribution in [0.1, 0.15) is 26.2 Å². The van der Waals surface area contributed by atoms with Gasteiger partial charge in [-0.05, 0) is 57.6 Å². The van der Waals surface area contributed by atoms with Crippen LogP contribution in [-0.2, 0) is 6.54 Å². The van der Waals surface area contributed by atoms with Gasteiger partial charge in [-0.25, -0.2) is 4.98 Å². The van der Waals surface area contributed by atoms with Crippen molar-refractivity contribution in [3.63, 3.8) is 0 Å². The second-order valence-corrected chi connectivity index (χ2v) is 5.94. The molecule has 114 valence electrons. The van der Waals surface area contributed by atoms with Crippen LogP contribution in [0.15, 0.2) is 30.6 Å². The summed E-state index contributed by atoms with van der Waals surface area (Å²) in [7, 11) is 0. The summed E-state index contributed by atoms with van der Waals surface area (Å²) < 4.78 is 2.26. The first kappa shape index (κ1) is 14.5. The molecule has 4 heteroatoms. The van der Waals surface area contributed by atoms with Crippen LogP contribution >= 0.6 is 0 Å². The van der Waals surface area contributed by atoms with Gasteiger partial charge in [0.25, 0.3) is 0 Å². The fraction of sp³-hybridized carbons (Fsp3) is 0.588. The number of likely N-dealkylation sites (tertiary alicyclic amines) is 1. The highest BCUT2D eigenvalue weighted by molar-refractivity contribution is 5.74. The molecular formula is C17H26N4. The van der Waals surface area contributed by atoms with Gasteiger partial charge in [0, 0.05) is 12.6 Å². The van der Waals surface area contributed by atoms with Crippen LogP contribution in [0.25, 0.3) is 11.0 Å². The Morgan fingerprint density at radius 1 is 1.24 bits per heavy atom. The average Bonchev–Trinajstić information content (AvgIpc) is 2.95. The molecule has 0 unspecified atom stereocenters. The second kappa shape index (κ2) is 7.05. The quantitative estimate of drug-likeness (QED) is 0.828. The zero-order valence-corrected chi connectivity index (χ0v) is 13.0. The van der Waals surface area contributed by atoms with Crippen LogP contribution in [0.3, 0.4) is 0 Å². The van der Waals surface area contributed by atoms with Crippen molar-refractivity contribution in [2.24, 2.45) is 0 Å². The average molecular weight is 286 g/mol. The molecule has 3 rings (SSSR count). The lowest BCUT2D eigenvalue weighted by Gasteiger charge is -2.31. The van der Waals surface area contributed by atoms with Crippen LogP contribution in [0.5, 0.6) is 0 Å². The Kier molecular flexibility index (Phi) is 4.88. The first-order valence-electron chi connectivity index (χ1n) is 8.22. The van der Waals surface area contributed by atoms with Gasteiger partial charge < -0.3 is 14.8 Å². The van der Waals surface area contributed by atoms with Gasteiger partial charge in [-0.2, -0.15) is 0 Å². The Morgan fingerprint density at radius 3 is 2.86 bits per heavy atom. The molecule has 2 aromatic rings. The van der Waals surface area contributed by atoms with E-state index in [1.165, 1.54) is 38.0 Å². The molecule has 1 saturated heterocycles. The normalized spacial score (nSPS) is 17.6. The number of imidazole rings is 1. The number of nitrogens with one attached hydrogen (secondary N) is 1. The van der Waals surface area contributed by atoms with E-state index in [0.29, 0.717) is 6.04 Å². The molecule has 0 bridgehead atoms. The van der Waals surface area contributed by atoms with Crippen molar-refractivity contribution in [3.05, 3.63) is 30.6 Å². The number of nitrogens with zero attached hydrogens (tertiary/aromatic N) is 3. The van der Waals surface area contributed by atoms with E-state index in [1.54, 1.807) is 0 Å². The molecule has 1 aliphatic heterocycles. The van der Waals surface area contributed by atoms with E-state index in [-0.39, 0.29) is 0 Å². The number of piperidine rings is 1. The van der Waals surface area contributed by atoms with E-state index in [4.69, 9.17) is 0 Å². The molecule has 4 nitrogen and oxygen atoms in total. The number of aromatic nitrogens is 2. The molecule has 0 radical (unpaired) electrons. The third-order valence-electron chi connectivity index (χ3n) is 4.57. The summed E-state index contributed by atoms with van der Waals surface area (Å²) in [5.74, 6) is 0. The topological polar surface area (TPSA) is 33.1 Å². The van der Waals surface area contributed by atoms with E-state index in [1.807, 2.05) is 12.4 Å². The molecule has 1 N–H and O–H groups in total. The maximum absolute atomic E-state index is 4.44. The Labute approximate surface area is 127 Å². The van der Waals surface area contributed by atoms with Gasteiger partial charge >= 0.3 is 0 Å². The summed E-state index contributed by atoms with van der Waals surface area (Å²) in [5, 5.41) is 3.72. The lowest BCUT2D eigenvalue weighted by molar-refractivity contribution is 0.206. The van der Waals surface area contributed by atoms with Crippen LogP contribution < -0.4 is 5.32 Å². The highest BCUT2D eigenvalue weighted by Gasteiger charge is 2.16. The number of hydrogen-bond donors (Lipinski definition) is 1. The van der Waals surface area contributed by atoms with Gasteiger partial charge in [0.05, 0.1) is 17.4 Å². The van der Waals surface area contributed by atoms with Crippen molar-refractivity contribution in [1.82, 2.24) is 19.8 Å². The molecule has 0 amide bonds. The van der Waals surface area contributed by atoms with Crippen LogP contribution in [0, 0.1) is 0 Å². The Morgan fingerprint density at radius 2 is 2.05 bits per heavy atom. The number of rotatable bonds is 6. The molecule has 0 atom stereocenters. The summed E-state index contributed by atoms with van der Waals surface area (Å²) >= 11 is 0. The first-order chi connectivity index (χ1) is 10.4. The van der Waals surface area contributed by atoms with Gasteiger partial charge in [-0.1, -0.05) is 19.1 Å². The summed E-state index contributed by atoms with van der Waals surface area (Å²) in [4.78, 5) is 6.98. The molecule has 1 fully saturated rings. The van der Waals surface area contributed by atoms with Gasteiger partial charge in [0.15, 0.2) is 0 Å². The van der Waals surface area contributed by atoms with Gasteiger partial charge in [0.1, 0.15) is 0 Å². The molecule has 2 heterocycles. The van der Waals surface area contributed by atoms with Gasteiger partial charge in [-0.3, -0.25) is 0 Å². The van der Waals surface area contributed by atoms with Gasteiger partial charge in [-0.15, -0.1) is 0 Å². The third-order valence-corrected chi connectivity index (χ3v) is 4.57. The molecule has 1 aliphatic rings. The Hall–Kier alpha value is -1.39. The lowest BCUT2D eigenvalue weighted by Crippen LogP contribution is -2.42. The third kappa shape index (κ3) is 3.63. The minimum Gasteiger partial charge on any atom is -0.331 e. The maximum Gasteiger partial charge on any atom is 0.0958 e. The van der Waals surface area contributed by atoms with Crippen LogP contribution in [0.4, 0.5) is 0 Å². The summed E-state index contributed by atoms with van der Waals surface area (Å²) in [6, 6.07) is 9.07. The van der Waals surface area contributed by atoms with Crippen molar-refractivity contribution < 1.29 is 0 Å². The Balaban J connectivity index is 1.41. The zero-order chi connectivity index (χ0) is 14.5. The fourth-order valence-corrected chi connectivity index (χ4v) is 3.20. The number of fused-ring (bicyclic) bond motifs is 1. The van der Waals surface area contributed by atoms with Crippen molar-refractivity contribution in [3.8, 4) is 0 Å². The monoisotopic (exact) mass is 286 g/mol. The zero-order valence-electron chi connectivity index (χ0n) is 13.0. The molecule has 21 heavy (non-hydrogen) atoms. The lowest BCUT2D eigenvalue weighted by atomic mass is 10.1. The highest BCUT2D eigenvalue weighted by atomic mass is 15.1. The van der Waals surface area contributed by atoms with Crippen molar-refractivity contribution >= 4 is 11.0 Å². The van der Waals surface area contributed by atoms with E-state index in [2.05, 4.69) is 44.9 Å². The molecule has 1 aromatic carbocycles. The highest BCUT2D eigenvalue weighted by Crippen LogP contribution is 2.12. The van der Waals surface area contributed by atoms with E-state index in [0.717, 1.165) is 25.0 Å². The molecule has 0 spiro atoms. The smallest absolute Gasteiger partial charge is 0.0958 e. The summed E-state index contributed by atoms with van der Waals surface area (Å²) in [6.45, 7) is 8.09.